The number of nitriles is 1. The lowest BCUT2D eigenvalue weighted by atomic mass is 9.90. The second kappa shape index (κ2) is 14.2. The maximum Gasteiger partial charge on any atom is 0.410 e. The molecule has 0 radical (unpaired) electrons. The topological polar surface area (TPSA) is 167 Å². The first-order valence-corrected chi connectivity index (χ1v) is 18.4. The first-order valence-electron chi connectivity index (χ1n) is 18.1. The minimum absolute atomic E-state index is 0.200. The van der Waals surface area contributed by atoms with Crippen molar-refractivity contribution < 1.29 is 28.6 Å². The number of hydrogen-bond donors (Lipinski definition) is 2. The van der Waals surface area contributed by atoms with Crippen LogP contribution in [0.15, 0.2) is 52.9 Å². The molecule has 2 aliphatic heterocycles. The van der Waals surface area contributed by atoms with E-state index in [0.717, 1.165) is 22.4 Å². The molecule has 3 aromatic carbocycles. The van der Waals surface area contributed by atoms with E-state index in [2.05, 4.69) is 21.3 Å². The molecule has 7 rings (SSSR count). The van der Waals surface area contributed by atoms with E-state index in [0.29, 0.717) is 89.1 Å². The van der Waals surface area contributed by atoms with Gasteiger partial charge in [0.1, 0.15) is 17.2 Å². The third-order valence-electron chi connectivity index (χ3n) is 10.4. The molecule has 2 N–H and O–H groups in total. The number of carboxylic acid groups (broad SMARTS) is 1. The van der Waals surface area contributed by atoms with Crippen molar-refractivity contribution in [3.8, 4) is 28.7 Å². The number of nitrogens with one attached hydrogen (secondary N) is 1. The van der Waals surface area contributed by atoms with Crippen LogP contribution in [0.1, 0.15) is 72.8 Å². The second-order valence-corrected chi connectivity index (χ2v) is 16.0. The number of fused-ring (bicyclic) bond motifs is 2. The van der Waals surface area contributed by atoms with Crippen LogP contribution in [0.4, 0.5) is 10.5 Å². The van der Waals surface area contributed by atoms with E-state index in [1.54, 1.807) is 35.6 Å². The van der Waals surface area contributed by atoms with Crippen molar-refractivity contribution in [3.05, 3.63) is 87.5 Å². The van der Waals surface area contributed by atoms with Crippen LogP contribution in [-0.4, -0.2) is 72.6 Å². The maximum absolute atomic E-state index is 13.6. The van der Waals surface area contributed by atoms with Crippen LogP contribution in [0.3, 0.4) is 0 Å². The lowest BCUT2D eigenvalue weighted by Crippen LogP contribution is -2.40. The molecule has 14 heteroatoms. The van der Waals surface area contributed by atoms with Crippen molar-refractivity contribution in [3.63, 3.8) is 0 Å². The Morgan fingerprint density at radius 3 is 2.53 bits per heavy atom. The largest absolute Gasteiger partial charge is 0.481 e. The molecular formula is C41H42ClN7O6. The summed E-state index contributed by atoms with van der Waals surface area (Å²) in [4.78, 5) is 51.2. The van der Waals surface area contributed by atoms with Gasteiger partial charge in [-0.2, -0.15) is 5.26 Å². The molecule has 1 saturated heterocycles. The monoisotopic (exact) mass is 763 g/mol. The summed E-state index contributed by atoms with van der Waals surface area (Å²) in [6.07, 6.45) is 0.668. The van der Waals surface area contributed by atoms with Crippen LogP contribution in [0, 0.1) is 23.7 Å². The maximum atomic E-state index is 13.6. The highest BCUT2D eigenvalue weighted by Crippen LogP contribution is 2.40. The molecular weight excluding hydrogens is 722 g/mol. The summed E-state index contributed by atoms with van der Waals surface area (Å²) in [5, 5.41) is 22.9. The van der Waals surface area contributed by atoms with E-state index in [1.807, 2.05) is 64.1 Å². The molecule has 0 bridgehead atoms. The average Bonchev–Trinajstić information content (AvgIpc) is 3.83. The molecule has 284 valence electrons. The van der Waals surface area contributed by atoms with E-state index in [9.17, 15) is 24.8 Å². The number of carbonyl (C=O) groups is 3. The summed E-state index contributed by atoms with van der Waals surface area (Å²) >= 11 is 7.01. The number of likely N-dealkylation sites (tertiary alicyclic amines) is 1. The lowest BCUT2D eigenvalue weighted by Gasteiger charge is -2.29. The van der Waals surface area contributed by atoms with Gasteiger partial charge in [-0.05, 0) is 88.5 Å². The Labute approximate surface area is 323 Å². The minimum Gasteiger partial charge on any atom is -0.481 e. The molecule has 2 aliphatic rings. The van der Waals surface area contributed by atoms with Gasteiger partial charge < -0.3 is 29.0 Å². The Kier molecular flexibility index (Phi) is 9.69. The first kappa shape index (κ1) is 37.6. The molecule has 4 heterocycles. The van der Waals surface area contributed by atoms with Crippen molar-refractivity contribution in [1.82, 2.24) is 24.3 Å². The Hall–Kier alpha value is -5.71. The normalized spacial score (nSPS) is 17.2. The predicted molar refractivity (Wildman–Crippen MR) is 206 cm³/mol. The van der Waals surface area contributed by atoms with Gasteiger partial charge in [-0.3, -0.25) is 14.5 Å². The molecule has 0 saturated carbocycles. The zero-order valence-electron chi connectivity index (χ0n) is 31.6. The van der Waals surface area contributed by atoms with Gasteiger partial charge in [-0.15, -0.1) is 0 Å². The molecule has 1 fully saturated rings. The summed E-state index contributed by atoms with van der Waals surface area (Å²) in [6.45, 7) is 11.4. The zero-order valence-corrected chi connectivity index (χ0v) is 32.4. The number of hydrogen-bond acceptors (Lipinski definition) is 9. The zero-order chi connectivity index (χ0) is 39.4. The Balaban J connectivity index is 1.12. The fourth-order valence-electron chi connectivity index (χ4n) is 7.39. The van der Waals surface area contributed by atoms with Gasteiger partial charge in [-0.25, -0.2) is 14.8 Å². The molecule has 0 aliphatic carbocycles. The number of anilines is 1. The van der Waals surface area contributed by atoms with Crippen molar-refractivity contribution >= 4 is 46.4 Å². The van der Waals surface area contributed by atoms with Gasteiger partial charge in [0.25, 0.3) is 5.91 Å². The van der Waals surface area contributed by atoms with Crippen molar-refractivity contribution in [2.45, 2.75) is 66.2 Å². The van der Waals surface area contributed by atoms with Crippen molar-refractivity contribution in [1.29, 1.82) is 5.26 Å². The number of rotatable bonds is 7. The average molecular weight is 764 g/mol. The Morgan fingerprint density at radius 2 is 1.82 bits per heavy atom. The first-order chi connectivity index (χ1) is 26.0. The van der Waals surface area contributed by atoms with Crippen LogP contribution in [0.25, 0.3) is 33.7 Å². The highest BCUT2D eigenvalue weighted by atomic mass is 35.5. The number of aliphatic carboxylic acids is 1. The van der Waals surface area contributed by atoms with Gasteiger partial charge in [0.05, 0.1) is 33.9 Å². The Bertz CT molecular complexity index is 2420. The van der Waals surface area contributed by atoms with Gasteiger partial charge in [0.2, 0.25) is 5.89 Å². The molecule has 5 aromatic rings. The third-order valence-corrected chi connectivity index (χ3v) is 10.8. The summed E-state index contributed by atoms with van der Waals surface area (Å²) in [5.41, 5.74) is 5.62. The quantitative estimate of drug-likeness (QED) is 0.169. The number of halogens is 1. The standard InChI is InChI=1S/C41H42ClN7O6/c1-23-26(9-7-10-27(23)37-46-30-18-24(17-25(19-43)34(30)54-37)20-48-16-14-41(5,22-48)38(51)52)28-11-8-12-29(33(28)42)45-36(50)35-44-31-21-49(15-13-32(31)47(35)6)39(53)55-40(2,3)4/h7-12,17-18H,13-16,20-22H2,1-6H3,(H,45,50)(H,51,52). The van der Waals surface area contributed by atoms with Crippen LogP contribution in [0.5, 0.6) is 0 Å². The van der Waals surface area contributed by atoms with Crippen molar-refractivity contribution in [2.75, 3.05) is 25.0 Å². The summed E-state index contributed by atoms with van der Waals surface area (Å²) in [5.74, 6) is -0.708. The van der Waals surface area contributed by atoms with E-state index < -0.39 is 29.0 Å². The van der Waals surface area contributed by atoms with Crippen molar-refractivity contribution in [2.24, 2.45) is 12.5 Å². The summed E-state index contributed by atoms with van der Waals surface area (Å²) in [7, 11) is 1.79. The van der Waals surface area contributed by atoms with Crippen LogP contribution >= 0.6 is 11.6 Å². The van der Waals surface area contributed by atoms with E-state index in [1.165, 1.54) is 0 Å². The number of oxazole rings is 1. The number of amides is 2. The summed E-state index contributed by atoms with van der Waals surface area (Å²) < 4.78 is 13.5. The highest BCUT2D eigenvalue weighted by molar-refractivity contribution is 6.36. The molecule has 2 aromatic heterocycles. The fraction of sp³-hybridized carbons (Fsp3) is 0.366. The number of benzene rings is 3. The van der Waals surface area contributed by atoms with Crippen LogP contribution in [0.2, 0.25) is 5.02 Å². The highest BCUT2D eigenvalue weighted by Gasteiger charge is 2.40. The Morgan fingerprint density at radius 1 is 1.09 bits per heavy atom. The predicted octanol–water partition coefficient (Wildman–Crippen LogP) is 7.57. The van der Waals surface area contributed by atoms with Gasteiger partial charge in [-0.1, -0.05) is 35.9 Å². The molecule has 55 heavy (non-hydrogen) atoms. The number of carboxylic acids is 1. The minimum atomic E-state index is -0.807. The summed E-state index contributed by atoms with van der Waals surface area (Å²) in [6, 6.07) is 17.0. The molecule has 13 nitrogen and oxygen atoms in total. The van der Waals surface area contributed by atoms with E-state index in [4.69, 9.17) is 25.7 Å². The number of aromatic nitrogens is 3. The smallest absolute Gasteiger partial charge is 0.410 e. The van der Waals surface area contributed by atoms with Gasteiger partial charge in [0, 0.05) is 49.9 Å². The SMILES string of the molecule is Cc1c(-c2nc3cc(CN4CCC(C)(C(=O)O)C4)cc(C#N)c3o2)cccc1-c1cccc(NC(=O)c2nc3c(n2C)CCN(C(=O)OC(C)(C)C)C3)c1Cl. The number of imidazole rings is 1. The van der Waals surface area contributed by atoms with Gasteiger partial charge in [0.15, 0.2) is 11.4 Å². The van der Waals surface area contributed by atoms with Crippen LogP contribution in [-0.2, 0) is 36.1 Å². The third kappa shape index (κ3) is 7.27. The van der Waals surface area contributed by atoms with Gasteiger partial charge >= 0.3 is 12.1 Å². The molecule has 0 spiro atoms. The molecule has 1 unspecified atom stereocenters. The van der Waals surface area contributed by atoms with Crippen LogP contribution < -0.4 is 5.32 Å². The molecule has 1 atom stereocenters. The second-order valence-electron chi connectivity index (χ2n) is 15.6. The number of ether oxygens (including phenoxy) is 1. The fourth-order valence-corrected chi connectivity index (χ4v) is 7.67. The number of carbonyl (C=O) groups excluding carboxylic acids is 2. The van der Waals surface area contributed by atoms with E-state index in [-0.39, 0.29) is 12.4 Å². The molecule has 2 amide bonds. The number of nitrogens with zero attached hydrogens (tertiary/aromatic N) is 6. The van der Waals surface area contributed by atoms with E-state index >= 15 is 0 Å². The lowest BCUT2D eigenvalue weighted by molar-refractivity contribution is -0.147.